The third-order valence-corrected chi connectivity index (χ3v) is 3.81. The molecule has 0 spiro atoms. The van der Waals surface area contributed by atoms with Crippen molar-refractivity contribution in [3.05, 3.63) is 64.9 Å². The number of nitrogens with zero attached hydrogens (tertiary/aromatic N) is 3. The average molecular weight is 399 g/mol. The molecule has 1 heterocycles. The molecule has 0 saturated heterocycles. The van der Waals surface area contributed by atoms with Crippen LogP contribution in [0.3, 0.4) is 0 Å². The predicted molar refractivity (Wildman–Crippen MR) is 99.5 cm³/mol. The molecule has 0 fully saturated rings. The largest absolute Gasteiger partial charge is 0.481 e. The quantitative estimate of drug-likeness (QED) is 0.528. The van der Waals surface area contributed by atoms with E-state index in [4.69, 9.17) is 4.74 Å². The van der Waals surface area contributed by atoms with Crippen LogP contribution in [0.5, 0.6) is 5.75 Å². The lowest BCUT2D eigenvalue weighted by Crippen LogP contribution is -2.33. The van der Waals surface area contributed by atoms with Crippen molar-refractivity contribution in [2.45, 2.75) is 13.0 Å². The van der Waals surface area contributed by atoms with E-state index in [1.54, 1.807) is 25.3 Å². The number of amides is 1. The van der Waals surface area contributed by atoms with Crippen LogP contribution in [0, 0.1) is 0 Å². The first-order valence-corrected chi connectivity index (χ1v) is 8.38. The number of para-hydroxylation sites is 2. The summed E-state index contributed by atoms with van der Waals surface area (Å²) < 4.78 is 6.45. The first-order chi connectivity index (χ1) is 12.1. The molecule has 126 valence electrons. The summed E-state index contributed by atoms with van der Waals surface area (Å²) in [6.07, 6.45) is 2.36. The number of fused-ring (bicyclic) bond motifs is 1. The zero-order valence-electron chi connectivity index (χ0n) is 13.4. The summed E-state index contributed by atoms with van der Waals surface area (Å²) >= 11 is 3.36. The standard InChI is InChI=1S/C18H15BrN4O2/c1-12(25-15-6-4-5-13(19)9-15)18(24)23-21-11-14-10-20-16-7-2-3-8-17(16)22-14/h2-12H,1H3,(H,23,24)/b21-11-/t12-/m1/s1. The number of nitrogens with one attached hydrogen (secondary N) is 1. The molecule has 0 radical (unpaired) electrons. The summed E-state index contributed by atoms with van der Waals surface area (Å²) in [4.78, 5) is 20.7. The Kier molecular flexibility index (Phi) is 5.35. The summed E-state index contributed by atoms with van der Waals surface area (Å²) in [5.41, 5.74) is 4.57. The van der Waals surface area contributed by atoms with E-state index in [1.165, 1.54) is 6.21 Å². The Balaban J connectivity index is 1.59. The van der Waals surface area contributed by atoms with Crippen molar-refractivity contribution in [1.82, 2.24) is 15.4 Å². The van der Waals surface area contributed by atoms with Gasteiger partial charge in [0, 0.05) is 4.47 Å². The SMILES string of the molecule is C[C@@H](Oc1cccc(Br)c1)C(=O)N/N=C\c1cnc2ccccc2n1. The first kappa shape index (κ1) is 17.0. The van der Waals surface area contributed by atoms with Gasteiger partial charge in [0.1, 0.15) is 11.4 Å². The maximum Gasteiger partial charge on any atom is 0.280 e. The number of hydrazone groups is 1. The van der Waals surface area contributed by atoms with E-state index < -0.39 is 6.10 Å². The van der Waals surface area contributed by atoms with E-state index in [9.17, 15) is 4.79 Å². The van der Waals surface area contributed by atoms with Gasteiger partial charge in [0.05, 0.1) is 23.4 Å². The van der Waals surface area contributed by atoms with Gasteiger partial charge >= 0.3 is 0 Å². The second kappa shape index (κ2) is 7.85. The minimum atomic E-state index is -0.686. The third-order valence-electron chi connectivity index (χ3n) is 3.32. The van der Waals surface area contributed by atoms with Gasteiger partial charge in [-0.3, -0.25) is 9.78 Å². The second-order valence-electron chi connectivity index (χ2n) is 5.24. The molecule has 3 aromatic rings. The lowest BCUT2D eigenvalue weighted by atomic mass is 10.3. The van der Waals surface area contributed by atoms with Crippen molar-refractivity contribution >= 4 is 39.1 Å². The van der Waals surface area contributed by atoms with Gasteiger partial charge in [0.25, 0.3) is 5.91 Å². The van der Waals surface area contributed by atoms with Gasteiger partial charge in [0.15, 0.2) is 6.10 Å². The Bertz CT molecular complexity index is 930. The van der Waals surface area contributed by atoms with Crippen LogP contribution in [-0.2, 0) is 4.79 Å². The Morgan fingerprint density at radius 1 is 1.24 bits per heavy atom. The Labute approximate surface area is 153 Å². The molecule has 1 atom stereocenters. The molecule has 0 unspecified atom stereocenters. The summed E-state index contributed by atoms with van der Waals surface area (Å²) in [6.45, 7) is 1.65. The van der Waals surface area contributed by atoms with E-state index in [2.05, 4.69) is 36.4 Å². The van der Waals surface area contributed by atoms with Gasteiger partial charge in [-0.25, -0.2) is 10.4 Å². The fraction of sp³-hybridized carbons (Fsp3) is 0.111. The Morgan fingerprint density at radius 2 is 2.04 bits per heavy atom. The number of ether oxygens (including phenoxy) is 1. The van der Waals surface area contributed by atoms with Crippen LogP contribution in [-0.4, -0.2) is 28.2 Å². The number of rotatable bonds is 5. The number of benzene rings is 2. The highest BCUT2D eigenvalue weighted by atomic mass is 79.9. The highest BCUT2D eigenvalue weighted by Gasteiger charge is 2.13. The third kappa shape index (κ3) is 4.60. The molecule has 0 aliphatic carbocycles. The van der Waals surface area contributed by atoms with E-state index in [-0.39, 0.29) is 5.91 Å². The minimum Gasteiger partial charge on any atom is -0.481 e. The molecule has 7 heteroatoms. The molecule has 0 aliphatic rings. The molecule has 1 amide bonds. The number of aromatic nitrogens is 2. The predicted octanol–water partition coefficient (Wildman–Crippen LogP) is 3.31. The highest BCUT2D eigenvalue weighted by Crippen LogP contribution is 2.18. The Morgan fingerprint density at radius 3 is 2.84 bits per heavy atom. The molecule has 0 saturated carbocycles. The van der Waals surface area contributed by atoms with Crippen LogP contribution in [0.4, 0.5) is 0 Å². The molecule has 1 aromatic heterocycles. The van der Waals surface area contributed by atoms with Crippen molar-refractivity contribution in [1.29, 1.82) is 0 Å². The van der Waals surface area contributed by atoms with Gasteiger partial charge in [0.2, 0.25) is 0 Å². The molecule has 25 heavy (non-hydrogen) atoms. The monoisotopic (exact) mass is 398 g/mol. The van der Waals surface area contributed by atoms with E-state index >= 15 is 0 Å². The summed E-state index contributed by atoms with van der Waals surface area (Å²) in [7, 11) is 0. The molecule has 1 N–H and O–H groups in total. The summed E-state index contributed by atoms with van der Waals surface area (Å²) in [5, 5.41) is 3.91. The van der Waals surface area contributed by atoms with Crippen LogP contribution in [0.25, 0.3) is 11.0 Å². The fourth-order valence-electron chi connectivity index (χ4n) is 2.08. The van der Waals surface area contributed by atoms with Crippen LogP contribution in [0.1, 0.15) is 12.6 Å². The minimum absolute atomic E-state index is 0.357. The first-order valence-electron chi connectivity index (χ1n) is 7.59. The number of hydrogen-bond acceptors (Lipinski definition) is 5. The lowest BCUT2D eigenvalue weighted by molar-refractivity contribution is -0.127. The van der Waals surface area contributed by atoms with E-state index in [0.29, 0.717) is 11.4 Å². The van der Waals surface area contributed by atoms with Crippen LogP contribution < -0.4 is 10.2 Å². The van der Waals surface area contributed by atoms with Gasteiger partial charge in [-0.2, -0.15) is 5.10 Å². The second-order valence-corrected chi connectivity index (χ2v) is 6.15. The zero-order valence-corrected chi connectivity index (χ0v) is 15.0. The molecule has 3 rings (SSSR count). The van der Waals surface area contributed by atoms with Gasteiger partial charge in [-0.05, 0) is 37.3 Å². The fourth-order valence-corrected chi connectivity index (χ4v) is 2.46. The number of hydrogen-bond donors (Lipinski definition) is 1. The van der Waals surface area contributed by atoms with Crippen molar-refractivity contribution < 1.29 is 9.53 Å². The van der Waals surface area contributed by atoms with Crippen LogP contribution >= 0.6 is 15.9 Å². The molecule has 2 aromatic carbocycles. The lowest BCUT2D eigenvalue weighted by Gasteiger charge is -2.12. The van der Waals surface area contributed by atoms with E-state index in [1.807, 2.05) is 36.4 Å². The van der Waals surface area contributed by atoms with Crippen LogP contribution in [0.2, 0.25) is 0 Å². The van der Waals surface area contributed by atoms with Crippen molar-refractivity contribution in [3.63, 3.8) is 0 Å². The van der Waals surface area contributed by atoms with Crippen molar-refractivity contribution in [3.8, 4) is 5.75 Å². The smallest absolute Gasteiger partial charge is 0.280 e. The number of carbonyl (C=O) groups is 1. The maximum atomic E-state index is 12.0. The van der Waals surface area contributed by atoms with Gasteiger partial charge < -0.3 is 4.74 Å². The topological polar surface area (TPSA) is 76.5 Å². The average Bonchev–Trinajstić information content (AvgIpc) is 2.61. The highest BCUT2D eigenvalue weighted by molar-refractivity contribution is 9.10. The van der Waals surface area contributed by atoms with Crippen molar-refractivity contribution in [2.24, 2.45) is 5.10 Å². The van der Waals surface area contributed by atoms with Gasteiger partial charge in [-0.1, -0.05) is 34.1 Å². The number of halogens is 1. The van der Waals surface area contributed by atoms with Crippen molar-refractivity contribution in [2.75, 3.05) is 0 Å². The summed E-state index contributed by atoms with van der Waals surface area (Å²) in [6, 6.07) is 14.8. The number of carbonyl (C=O) groups excluding carboxylic acids is 1. The van der Waals surface area contributed by atoms with Gasteiger partial charge in [-0.15, -0.1) is 0 Å². The summed E-state index contributed by atoms with van der Waals surface area (Å²) in [5.74, 6) is 0.242. The van der Waals surface area contributed by atoms with Crippen LogP contribution in [0.15, 0.2) is 64.3 Å². The zero-order chi connectivity index (χ0) is 17.6. The molecule has 0 aliphatic heterocycles. The van der Waals surface area contributed by atoms with E-state index in [0.717, 1.165) is 15.5 Å². The molecular weight excluding hydrogens is 384 g/mol. The molecular formula is C18H15BrN4O2. The Hall–Kier alpha value is -2.80. The normalized spacial score (nSPS) is 12.2. The maximum absolute atomic E-state index is 12.0. The molecule has 6 nitrogen and oxygen atoms in total. The molecule has 0 bridgehead atoms.